The standard InChI is InChI=1S/C15H21N5O4/c1-9-11(15(24)17-16-9)6-14(23)19-3-2-4-20-10(7-19)5-12(18-20)13(22)8-21/h5,13,21-22H,2-4,6-8H2,1H3,(H2,16,17,24)/t13-/m0/s1. The van der Waals surface area contributed by atoms with E-state index < -0.39 is 12.7 Å². The lowest BCUT2D eigenvalue weighted by Gasteiger charge is -2.19. The van der Waals surface area contributed by atoms with Gasteiger partial charge in [-0.1, -0.05) is 0 Å². The van der Waals surface area contributed by atoms with Gasteiger partial charge in [-0.05, 0) is 19.4 Å². The molecule has 1 aliphatic rings. The Morgan fingerprint density at radius 2 is 2.21 bits per heavy atom. The molecule has 0 saturated heterocycles. The van der Waals surface area contributed by atoms with Gasteiger partial charge in [0.05, 0.1) is 31.0 Å². The molecule has 9 heteroatoms. The molecule has 0 unspecified atom stereocenters. The molecule has 3 rings (SSSR count). The summed E-state index contributed by atoms with van der Waals surface area (Å²) in [7, 11) is 0. The second-order valence-electron chi connectivity index (χ2n) is 6.01. The molecular weight excluding hydrogens is 314 g/mol. The molecule has 4 N–H and O–H groups in total. The van der Waals surface area contributed by atoms with Crippen molar-refractivity contribution in [3.8, 4) is 0 Å². The lowest BCUT2D eigenvalue weighted by molar-refractivity contribution is -0.131. The second-order valence-corrected chi connectivity index (χ2v) is 6.01. The first kappa shape index (κ1) is 16.5. The summed E-state index contributed by atoms with van der Waals surface area (Å²) in [5.41, 5.74) is 2.06. The van der Waals surface area contributed by atoms with Gasteiger partial charge in [-0.25, -0.2) is 0 Å². The minimum Gasteiger partial charge on any atom is -0.393 e. The lowest BCUT2D eigenvalue weighted by atomic mass is 10.1. The highest BCUT2D eigenvalue weighted by atomic mass is 16.3. The number of amides is 1. The molecule has 2 aromatic rings. The summed E-state index contributed by atoms with van der Waals surface area (Å²) < 4.78 is 1.76. The van der Waals surface area contributed by atoms with Crippen molar-refractivity contribution in [2.45, 2.75) is 39.0 Å². The normalized spacial score (nSPS) is 15.9. The van der Waals surface area contributed by atoms with Crippen molar-refractivity contribution in [1.29, 1.82) is 0 Å². The summed E-state index contributed by atoms with van der Waals surface area (Å²) in [4.78, 5) is 26.0. The zero-order chi connectivity index (χ0) is 17.3. The molecule has 1 amide bonds. The van der Waals surface area contributed by atoms with Crippen LogP contribution in [-0.2, 0) is 24.3 Å². The Morgan fingerprint density at radius 1 is 1.42 bits per heavy atom. The van der Waals surface area contributed by atoms with E-state index in [1.54, 1.807) is 22.6 Å². The Morgan fingerprint density at radius 3 is 2.88 bits per heavy atom. The van der Waals surface area contributed by atoms with Crippen LogP contribution in [-0.4, -0.2) is 54.1 Å². The number of carbonyl (C=O) groups is 1. The molecule has 1 atom stereocenters. The molecule has 3 heterocycles. The molecule has 2 aromatic heterocycles. The van der Waals surface area contributed by atoms with E-state index in [0.29, 0.717) is 36.6 Å². The minimum absolute atomic E-state index is 0.0466. The average molecular weight is 335 g/mol. The van der Waals surface area contributed by atoms with E-state index in [-0.39, 0.29) is 17.9 Å². The van der Waals surface area contributed by atoms with Crippen LogP contribution in [0.1, 0.15) is 35.2 Å². The third kappa shape index (κ3) is 3.13. The van der Waals surface area contributed by atoms with Gasteiger partial charge in [0.15, 0.2) is 0 Å². The van der Waals surface area contributed by atoms with Crippen LogP contribution in [0.4, 0.5) is 0 Å². The van der Waals surface area contributed by atoms with Crippen molar-refractivity contribution in [2.24, 2.45) is 0 Å². The molecule has 1 aliphatic heterocycles. The summed E-state index contributed by atoms with van der Waals surface area (Å²) in [5, 5.41) is 28.2. The predicted molar refractivity (Wildman–Crippen MR) is 84.2 cm³/mol. The van der Waals surface area contributed by atoms with Crippen molar-refractivity contribution in [2.75, 3.05) is 13.2 Å². The number of aromatic nitrogens is 4. The van der Waals surface area contributed by atoms with E-state index in [4.69, 9.17) is 5.11 Å². The van der Waals surface area contributed by atoms with Crippen molar-refractivity contribution in [3.63, 3.8) is 0 Å². The Bertz CT molecular complexity index is 790. The van der Waals surface area contributed by atoms with Crippen LogP contribution in [0.5, 0.6) is 0 Å². The molecule has 0 spiro atoms. The summed E-state index contributed by atoms with van der Waals surface area (Å²) in [6.45, 7) is 2.95. The first-order valence-corrected chi connectivity index (χ1v) is 7.89. The Hall–Kier alpha value is -2.39. The Labute approximate surface area is 137 Å². The van der Waals surface area contributed by atoms with Gasteiger partial charge in [0.2, 0.25) is 5.91 Å². The topological polar surface area (TPSA) is 127 Å². The van der Waals surface area contributed by atoms with Gasteiger partial charge in [0.1, 0.15) is 6.10 Å². The van der Waals surface area contributed by atoms with E-state index in [9.17, 15) is 14.7 Å². The van der Waals surface area contributed by atoms with Gasteiger partial charge in [-0.3, -0.25) is 19.4 Å². The van der Waals surface area contributed by atoms with Crippen LogP contribution in [0.15, 0.2) is 10.9 Å². The fourth-order valence-electron chi connectivity index (χ4n) is 2.90. The van der Waals surface area contributed by atoms with Gasteiger partial charge in [-0.15, -0.1) is 0 Å². The zero-order valence-electron chi connectivity index (χ0n) is 13.4. The molecule has 0 radical (unpaired) electrons. The van der Waals surface area contributed by atoms with Gasteiger partial charge < -0.3 is 20.2 Å². The Kier molecular flexibility index (Phi) is 4.54. The molecule has 9 nitrogen and oxygen atoms in total. The average Bonchev–Trinajstić information content (AvgIpc) is 3.04. The highest BCUT2D eigenvalue weighted by Crippen LogP contribution is 2.18. The van der Waals surface area contributed by atoms with E-state index in [1.165, 1.54) is 0 Å². The fraction of sp³-hybridized carbons (Fsp3) is 0.533. The number of rotatable bonds is 4. The van der Waals surface area contributed by atoms with Gasteiger partial charge in [0, 0.05) is 24.3 Å². The third-order valence-corrected chi connectivity index (χ3v) is 4.32. The number of hydrogen-bond acceptors (Lipinski definition) is 5. The Balaban J connectivity index is 1.76. The van der Waals surface area contributed by atoms with Crippen LogP contribution >= 0.6 is 0 Å². The van der Waals surface area contributed by atoms with Crippen LogP contribution in [0.3, 0.4) is 0 Å². The van der Waals surface area contributed by atoms with Crippen molar-refractivity contribution < 1.29 is 15.0 Å². The first-order chi connectivity index (χ1) is 11.5. The van der Waals surface area contributed by atoms with Crippen LogP contribution < -0.4 is 5.56 Å². The first-order valence-electron chi connectivity index (χ1n) is 7.89. The smallest absolute Gasteiger partial charge is 0.267 e. The number of nitrogens with zero attached hydrogens (tertiary/aromatic N) is 3. The maximum atomic E-state index is 12.6. The number of aromatic amines is 2. The molecular formula is C15H21N5O4. The van der Waals surface area contributed by atoms with Gasteiger partial charge >= 0.3 is 0 Å². The van der Waals surface area contributed by atoms with Gasteiger partial charge in [-0.2, -0.15) is 5.10 Å². The number of aryl methyl sites for hydroxylation is 2. The van der Waals surface area contributed by atoms with E-state index in [1.807, 2.05) is 0 Å². The summed E-state index contributed by atoms with van der Waals surface area (Å²) in [5.74, 6) is -0.123. The number of hydrogen-bond donors (Lipinski definition) is 4. The zero-order valence-corrected chi connectivity index (χ0v) is 13.4. The maximum absolute atomic E-state index is 12.6. The third-order valence-electron chi connectivity index (χ3n) is 4.32. The summed E-state index contributed by atoms with van der Waals surface area (Å²) in [6, 6.07) is 1.71. The minimum atomic E-state index is -1.02. The van der Waals surface area contributed by atoms with E-state index >= 15 is 0 Å². The van der Waals surface area contributed by atoms with Gasteiger partial charge in [0.25, 0.3) is 5.56 Å². The highest BCUT2D eigenvalue weighted by molar-refractivity contribution is 5.79. The van der Waals surface area contributed by atoms with E-state index in [0.717, 1.165) is 12.1 Å². The van der Waals surface area contributed by atoms with Crippen molar-refractivity contribution >= 4 is 5.91 Å². The van der Waals surface area contributed by atoms with Crippen LogP contribution in [0.25, 0.3) is 0 Å². The molecule has 130 valence electrons. The molecule has 0 bridgehead atoms. The highest BCUT2D eigenvalue weighted by Gasteiger charge is 2.23. The summed E-state index contributed by atoms with van der Waals surface area (Å²) in [6.07, 6.45) is -0.239. The SMILES string of the molecule is Cc1[nH][nH]c(=O)c1CC(=O)N1CCCn2nc([C@@H](O)CO)cc2C1. The number of nitrogens with one attached hydrogen (secondary N) is 2. The second kappa shape index (κ2) is 6.62. The molecule has 0 aliphatic carbocycles. The van der Waals surface area contributed by atoms with E-state index in [2.05, 4.69) is 15.3 Å². The number of aliphatic hydroxyl groups excluding tert-OH is 2. The summed E-state index contributed by atoms with van der Waals surface area (Å²) >= 11 is 0. The molecule has 24 heavy (non-hydrogen) atoms. The number of aliphatic hydroxyl groups is 2. The predicted octanol–water partition coefficient (Wildman–Crippen LogP) is -0.791. The maximum Gasteiger partial charge on any atom is 0.267 e. The number of H-pyrrole nitrogens is 2. The number of fused-ring (bicyclic) bond motifs is 1. The molecule has 0 saturated carbocycles. The van der Waals surface area contributed by atoms with Crippen LogP contribution in [0.2, 0.25) is 0 Å². The van der Waals surface area contributed by atoms with Crippen molar-refractivity contribution in [1.82, 2.24) is 24.9 Å². The molecule has 0 aromatic carbocycles. The monoisotopic (exact) mass is 335 g/mol. The fourth-order valence-corrected chi connectivity index (χ4v) is 2.90. The van der Waals surface area contributed by atoms with Crippen molar-refractivity contribution in [3.05, 3.63) is 39.1 Å². The lowest BCUT2D eigenvalue weighted by Crippen LogP contribution is -2.33. The largest absolute Gasteiger partial charge is 0.393 e. The molecule has 0 fully saturated rings. The van der Waals surface area contributed by atoms with Crippen LogP contribution in [0, 0.1) is 6.92 Å². The number of carbonyl (C=O) groups excluding carboxylic acids is 1. The quantitative estimate of drug-likeness (QED) is 0.582.